The Hall–Kier alpha value is -1.10. The molecule has 0 unspecified atom stereocenters. The Bertz CT molecular complexity index is 529. The van der Waals surface area contributed by atoms with Gasteiger partial charge in [-0.1, -0.05) is 0 Å². The number of aromatic carboxylic acids is 1. The van der Waals surface area contributed by atoms with Crippen LogP contribution in [0.15, 0.2) is 16.6 Å². The maximum absolute atomic E-state index is 14.1. The highest BCUT2D eigenvalue weighted by Crippen LogP contribution is 2.49. The van der Waals surface area contributed by atoms with Gasteiger partial charge in [-0.05, 0) is 71.5 Å². The van der Waals surface area contributed by atoms with Gasteiger partial charge in [-0.15, -0.1) is 0 Å². The molecule has 0 bridgehead atoms. The van der Waals surface area contributed by atoms with Crippen molar-refractivity contribution in [1.29, 1.82) is 0 Å². The van der Waals surface area contributed by atoms with Crippen LogP contribution in [-0.4, -0.2) is 17.6 Å². The van der Waals surface area contributed by atoms with Crippen LogP contribution >= 0.6 is 15.9 Å². The maximum Gasteiger partial charge on any atom is 0.336 e. The van der Waals surface area contributed by atoms with E-state index in [4.69, 9.17) is 5.11 Å². The number of hydrogen-bond acceptors (Lipinski definition) is 2. The Balaban J connectivity index is 1.70. The van der Waals surface area contributed by atoms with Crippen LogP contribution in [0.5, 0.6) is 0 Å². The summed E-state index contributed by atoms with van der Waals surface area (Å²) < 4.78 is 14.2. The predicted octanol–water partition coefficient (Wildman–Crippen LogP) is 4.13. The molecular weight excluding hydrogens is 325 g/mol. The number of rotatable bonds is 6. The Morgan fingerprint density at radius 2 is 1.95 bits per heavy atom. The lowest BCUT2D eigenvalue weighted by Gasteiger charge is -2.18. The van der Waals surface area contributed by atoms with Gasteiger partial charge in [0.15, 0.2) is 5.82 Å². The highest BCUT2D eigenvalue weighted by molar-refractivity contribution is 9.10. The molecule has 1 aromatic carbocycles. The van der Waals surface area contributed by atoms with Gasteiger partial charge in [0, 0.05) is 6.54 Å². The third-order valence-electron chi connectivity index (χ3n) is 4.30. The molecule has 3 nitrogen and oxygen atoms in total. The van der Waals surface area contributed by atoms with E-state index in [0.717, 1.165) is 18.4 Å². The van der Waals surface area contributed by atoms with E-state index in [-0.39, 0.29) is 10.0 Å². The van der Waals surface area contributed by atoms with Crippen molar-refractivity contribution >= 4 is 27.6 Å². The zero-order chi connectivity index (χ0) is 14.3. The van der Waals surface area contributed by atoms with E-state index in [2.05, 4.69) is 21.2 Å². The summed E-state index contributed by atoms with van der Waals surface area (Å²) in [6.07, 6.45) is 5.19. The van der Waals surface area contributed by atoms with Crippen molar-refractivity contribution in [3.05, 3.63) is 28.0 Å². The molecule has 20 heavy (non-hydrogen) atoms. The van der Waals surface area contributed by atoms with Gasteiger partial charge in [-0.3, -0.25) is 0 Å². The largest absolute Gasteiger partial charge is 0.478 e. The Morgan fingerprint density at radius 1 is 1.35 bits per heavy atom. The minimum atomic E-state index is -1.13. The summed E-state index contributed by atoms with van der Waals surface area (Å²) in [6.45, 7) is 0.783. The molecule has 0 atom stereocenters. The molecule has 108 valence electrons. The zero-order valence-electron chi connectivity index (χ0n) is 11.0. The number of carboxylic acids is 1. The first-order valence-electron chi connectivity index (χ1n) is 7.03. The number of carboxylic acid groups (broad SMARTS) is 1. The highest BCUT2D eigenvalue weighted by Gasteiger charge is 2.41. The fraction of sp³-hybridized carbons (Fsp3) is 0.533. The Kier molecular flexibility index (Phi) is 3.71. The second-order valence-corrected chi connectivity index (χ2v) is 6.61. The van der Waals surface area contributed by atoms with Crippen molar-refractivity contribution < 1.29 is 14.3 Å². The van der Waals surface area contributed by atoms with Crippen molar-refractivity contribution in [2.75, 3.05) is 11.9 Å². The number of nitrogens with one attached hydrogen (secondary N) is 1. The molecule has 2 aliphatic rings. The van der Waals surface area contributed by atoms with Crippen LogP contribution in [0.3, 0.4) is 0 Å². The van der Waals surface area contributed by atoms with Crippen molar-refractivity contribution in [3.8, 4) is 0 Å². The summed E-state index contributed by atoms with van der Waals surface area (Å²) in [5, 5.41) is 12.1. The molecule has 0 saturated heterocycles. The predicted molar refractivity (Wildman–Crippen MR) is 78.5 cm³/mol. The first-order chi connectivity index (χ1) is 9.58. The Morgan fingerprint density at radius 3 is 2.45 bits per heavy atom. The molecular formula is C15H17BrFNO2. The van der Waals surface area contributed by atoms with E-state index >= 15 is 0 Å². The second-order valence-electron chi connectivity index (χ2n) is 5.81. The SMILES string of the molecule is O=C(O)c1ccc(NCC(C2CC2)C2CC2)c(F)c1Br. The Labute approximate surface area is 125 Å². The third-order valence-corrected chi connectivity index (χ3v) is 5.07. The summed E-state index contributed by atoms with van der Waals surface area (Å²) in [6, 6.07) is 2.95. The molecule has 5 heteroatoms. The van der Waals surface area contributed by atoms with Gasteiger partial charge in [0.05, 0.1) is 15.7 Å². The van der Waals surface area contributed by atoms with Crippen LogP contribution in [0.25, 0.3) is 0 Å². The van der Waals surface area contributed by atoms with E-state index in [1.807, 2.05) is 0 Å². The lowest BCUT2D eigenvalue weighted by atomic mass is 9.98. The van der Waals surface area contributed by atoms with Crippen molar-refractivity contribution in [1.82, 2.24) is 0 Å². The van der Waals surface area contributed by atoms with Gasteiger partial charge in [-0.2, -0.15) is 0 Å². The van der Waals surface area contributed by atoms with Crippen LogP contribution in [-0.2, 0) is 0 Å². The average Bonchev–Trinajstić information content (AvgIpc) is 3.26. The van der Waals surface area contributed by atoms with Gasteiger partial charge in [0.1, 0.15) is 0 Å². The summed E-state index contributed by atoms with van der Waals surface area (Å²) >= 11 is 3.03. The van der Waals surface area contributed by atoms with E-state index in [9.17, 15) is 9.18 Å². The molecule has 3 rings (SSSR count). The third kappa shape index (κ3) is 2.82. The lowest BCUT2D eigenvalue weighted by molar-refractivity contribution is 0.0695. The average molecular weight is 342 g/mol. The fourth-order valence-corrected chi connectivity index (χ4v) is 3.36. The van der Waals surface area contributed by atoms with E-state index in [0.29, 0.717) is 11.6 Å². The molecule has 0 amide bonds. The summed E-state index contributed by atoms with van der Waals surface area (Å²) in [7, 11) is 0. The van der Waals surface area contributed by atoms with Crippen molar-refractivity contribution in [3.63, 3.8) is 0 Å². The molecule has 2 saturated carbocycles. The zero-order valence-corrected chi connectivity index (χ0v) is 12.6. The minimum absolute atomic E-state index is 0.0180. The molecule has 2 aliphatic carbocycles. The molecule has 0 aromatic heterocycles. The summed E-state index contributed by atoms with van der Waals surface area (Å²) in [5.74, 6) is 0.610. The molecule has 0 radical (unpaired) electrons. The number of carbonyl (C=O) groups is 1. The summed E-state index contributed by atoms with van der Waals surface area (Å²) in [4.78, 5) is 10.9. The first-order valence-corrected chi connectivity index (χ1v) is 7.82. The molecule has 2 fully saturated rings. The molecule has 1 aromatic rings. The van der Waals surface area contributed by atoms with Gasteiger partial charge >= 0.3 is 5.97 Å². The number of anilines is 1. The maximum atomic E-state index is 14.1. The molecule has 0 heterocycles. The van der Waals surface area contributed by atoms with E-state index in [1.165, 1.54) is 37.8 Å². The standard InChI is InChI=1S/C15H17BrFNO2/c16-13-10(15(19)20)5-6-12(14(13)17)18-7-11(8-1-2-8)9-3-4-9/h5-6,8-9,11,18H,1-4,7H2,(H,19,20). The monoisotopic (exact) mass is 341 g/mol. The van der Waals surface area contributed by atoms with Crippen molar-refractivity contribution in [2.24, 2.45) is 17.8 Å². The van der Waals surface area contributed by atoms with Crippen LogP contribution < -0.4 is 5.32 Å². The number of hydrogen-bond donors (Lipinski definition) is 2. The summed E-state index contributed by atoms with van der Waals surface area (Å²) in [5.41, 5.74) is 0.335. The van der Waals surface area contributed by atoms with Crippen LogP contribution in [0.1, 0.15) is 36.0 Å². The highest BCUT2D eigenvalue weighted by atomic mass is 79.9. The van der Waals surface area contributed by atoms with Crippen LogP contribution in [0.2, 0.25) is 0 Å². The van der Waals surface area contributed by atoms with Crippen LogP contribution in [0, 0.1) is 23.6 Å². The minimum Gasteiger partial charge on any atom is -0.478 e. The lowest BCUT2D eigenvalue weighted by Crippen LogP contribution is -2.19. The topological polar surface area (TPSA) is 49.3 Å². The van der Waals surface area contributed by atoms with Gasteiger partial charge in [-0.25, -0.2) is 9.18 Å². The first kappa shape index (κ1) is 13.9. The molecule has 0 aliphatic heterocycles. The normalized spacial score (nSPS) is 18.4. The second kappa shape index (κ2) is 5.35. The van der Waals surface area contributed by atoms with E-state index < -0.39 is 11.8 Å². The number of halogens is 2. The quantitative estimate of drug-likeness (QED) is 0.817. The number of benzene rings is 1. The molecule has 2 N–H and O–H groups in total. The molecule has 0 spiro atoms. The van der Waals surface area contributed by atoms with Crippen molar-refractivity contribution in [2.45, 2.75) is 25.7 Å². The van der Waals surface area contributed by atoms with Gasteiger partial charge in [0.25, 0.3) is 0 Å². The smallest absolute Gasteiger partial charge is 0.336 e. The van der Waals surface area contributed by atoms with E-state index in [1.54, 1.807) is 0 Å². The van der Waals surface area contributed by atoms with Gasteiger partial charge in [0.2, 0.25) is 0 Å². The van der Waals surface area contributed by atoms with Gasteiger partial charge < -0.3 is 10.4 Å². The fourth-order valence-electron chi connectivity index (χ4n) is 2.85. The van der Waals surface area contributed by atoms with Crippen LogP contribution in [0.4, 0.5) is 10.1 Å².